The highest BCUT2D eigenvalue weighted by atomic mass is 19.4. The standard InChI is InChI=1S/C21H20F4N4O/c1-12(15-5-4-6-17(22)9-15)27-20(30)10-18-13(2)28-29(14(18)3)19-8-7-16(11-26-19)21(23,24)25/h4-9,11-12H,10H2,1-3H3,(H,27,30)/t12-/m0/s1. The lowest BCUT2D eigenvalue weighted by molar-refractivity contribution is -0.137. The van der Waals surface area contributed by atoms with Crippen LogP contribution in [0.4, 0.5) is 17.6 Å². The van der Waals surface area contributed by atoms with E-state index < -0.39 is 11.7 Å². The summed E-state index contributed by atoms with van der Waals surface area (Å²) >= 11 is 0. The maximum atomic E-state index is 13.4. The lowest BCUT2D eigenvalue weighted by Gasteiger charge is -2.14. The van der Waals surface area contributed by atoms with E-state index in [9.17, 15) is 22.4 Å². The van der Waals surface area contributed by atoms with Crippen LogP contribution >= 0.6 is 0 Å². The average Bonchev–Trinajstić information content (AvgIpc) is 2.95. The summed E-state index contributed by atoms with van der Waals surface area (Å²) in [6.45, 7) is 5.19. The third-order valence-electron chi connectivity index (χ3n) is 4.80. The van der Waals surface area contributed by atoms with E-state index in [-0.39, 0.29) is 30.0 Å². The van der Waals surface area contributed by atoms with E-state index in [0.717, 1.165) is 12.3 Å². The van der Waals surface area contributed by atoms with E-state index in [1.807, 2.05) is 0 Å². The van der Waals surface area contributed by atoms with Crippen LogP contribution in [-0.4, -0.2) is 20.7 Å². The van der Waals surface area contributed by atoms with E-state index in [1.54, 1.807) is 32.9 Å². The van der Waals surface area contributed by atoms with Crippen molar-refractivity contribution in [2.45, 2.75) is 39.4 Å². The largest absolute Gasteiger partial charge is 0.417 e. The number of rotatable bonds is 5. The monoisotopic (exact) mass is 420 g/mol. The Morgan fingerprint density at radius 1 is 1.20 bits per heavy atom. The van der Waals surface area contributed by atoms with Gasteiger partial charge < -0.3 is 5.32 Å². The molecule has 9 heteroatoms. The molecule has 0 saturated carbocycles. The molecule has 1 amide bonds. The number of aromatic nitrogens is 3. The van der Waals surface area contributed by atoms with Crippen molar-refractivity contribution in [2.75, 3.05) is 0 Å². The Labute approximate surface area is 170 Å². The molecular weight excluding hydrogens is 400 g/mol. The van der Waals surface area contributed by atoms with E-state index in [0.29, 0.717) is 22.5 Å². The number of aryl methyl sites for hydroxylation is 1. The van der Waals surface area contributed by atoms with E-state index in [2.05, 4.69) is 15.4 Å². The Kier molecular flexibility index (Phi) is 5.91. The van der Waals surface area contributed by atoms with Gasteiger partial charge in [0.25, 0.3) is 0 Å². The first-order chi connectivity index (χ1) is 14.1. The summed E-state index contributed by atoms with van der Waals surface area (Å²) in [4.78, 5) is 16.4. The van der Waals surface area contributed by atoms with Crippen molar-refractivity contribution in [3.63, 3.8) is 0 Å². The number of alkyl halides is 3. The molecule has 0 fully saturated rings. The number of hydrogen-bond donors (Lipinski definition) is 1. The summed E-state index contributed by atoms with van der Waals surface area (Å²) in [6, 6.07) is 7.76. The zero-order valence-corrected chi connectivity index (χ0v) is 16.6. The first kappa shape index (κ1) is 21.5. The predicted molar refractivity (Wildman–Crippen MR) is 102 cm³/mol. The van der Waals surface area contributed by atoms with Gasteiger partial charge in [0.2, 0.25) is 5.91 Å². The van der Waals surface area contributed by atoms with Crippen molar-refractivity contribution in [3.05, 3.63) is 76.5 Å². The van der Waals surface area contributed by atoms with Gasteiger partial charge in [0.15, 0.2) is 5.82 Å². The maximum Gasteiger partial charge on any atom is 0.417 e. The van der Waals surface area contributed by atoms with E-state index >= 15 is 0 Å². The van der Waals surface area contributed by atoms with Gasteiger partial charge in [-0.3, -0.25) is 4.79 Å². The molecule has 3 rings (SSSR count). The summed E-state index contributed by atoms with van der Waals surface area (Å²) < 4.78 is 53.0. The molecule has 0 aliphatic heterocycles. The van der Waals surface area contributed by atoms with Gasteiger partial charge in [0.05, 0.1) is 23.7 Å². The molecule has 0 radical (unpaired) electrons. The van der Waals surface area contributed by atoms with Crippen molar-refractivity contribution in [2.24, 2.45) is 0 Å². The predicted octanol–water partition coefficient (Wildman–Crippen LogP) is 4.46. The normalized spacial score (nSPS) is 12.6. The topological polar surface area (TPSA) is 59.8 Å². The van der Waals surface area contributed by atoms with Crippen LogP contribution in [0.1, 0.15) is 41.0 Å². The number of carbonyl (C=O) groups excluding carboxylic acids is 1. The zero-order valence-electron chi connectivity index (χ0n) is 16.6. The summed E-state index contributed by atoms with van der Waals surface area (Å²) in [5.41, 5.74) is 1.62. The van der Waals surface area contributed by atoms with Gasteiger partial charge in [-0.05, 0) is 50.6 Å². The molecule has 0 spiro atoms. The van der Waals surface area contributed by atoms with Crippen LogP contribution in [0.2, 0.25) is 0 Å². The van der Waals surface area contributed by atoms with Crippen molar-refractivity contribution < 1.29 is 22.4 Å². The van der Waals surface area contributed by atoms with Gasteiger partial charge in [-0.2, -0.15) is 18.3 Å². The van der Waals surface area contributed by atoms with Gasteiger partial charge in [-0.1, -0.05) is 12.1 Å². The molecule has 0 saturated heterocycles. The third kappa shape index (κ3) is 4.67. The summed E-state index contributed by atoms with van der Waals surface area (Å²) in [7, 11) is 0. The summed E-state index contributed by atoms with van der Waals surface area (Å²) in [6.07, 6.45) is -3.70. The van der Waals surface area contributed by atoms with Crippen LogP contribution < -0.4 is 5.32 Å². The first-order valence-corrected chi connectivity index (χ1v) is 9.20. The van der Waals surface area contributed by atoms with Crippen molar-refractivity contribution >= 4 is 5.91 Å². The second-order valence-corrected chi connectivity index (χ2v) is 6.98. The molecule has 0 bridgehead atoms. The number of nitrogens with one attached hydrogen (secondary N) is 1. The minimum absolute atomic E-state index is 0.0258. The maximum absolute atomic E-state index is 13.4. The number of pyridine rings is 1. The number of hydrogen-bond acceptors (Lipinski definition) is 3. The molecule has 1 N–H and O–H groups in total. The molecule has 0 unspecified atom stereocenters. The van der Waals surface area contributed by atoms with Crippen LogP contribution in [0.15, 0.2) is 42.6 Å². The highest BCUT2D eigenvalue weighted by molar-refractivity contribution is 5.79. The smallest absolute Gasteiger partial charge is 0.349 e. The van der Waals surface area contributed by atoms with Crippen molar-refractivity contribution in [1.29, 1.82) is 0 Å². The van der Waals surface area contributed by atoms with Crippen LogP contribution in [0.3, 0.4) is 0 Å². The Morgan fingerprint density at radius 2 is 1.93 bits per heavy atom. The molecule has 1 atom stereocenters. The molecule has 5 nitrogen and oxygen atoms in total. The highest BCUT2D eigenvalue weighted by Gasteiger charge is 2.31. The number of amides is 1. The average molecular weight is 420 g/mol. The Morgan fingerprint density at radius 3 is 2.53 bits per heavy atom. The highest BCUT2D eigenvalue weighted by Crippen LogP contribution is 2.29. The van der Waals surface area contributed by atoms with Gasteiger partial charge in [0.1, 0.15) is 5.82 Å². The molecule has 158 valence electrons. The lowest BCUT2D eigenvalue weighted by atomic mass is 10.1. The summed E-state index contributed by atoms with van der Waals surface area (Å²) in [5.74, 6) is -0.438. The minimum Gasteiger partial charge on any atom is -0.349 e. The Bertz CT molecular complexity index is 1060. The van der Waals surface area contributed by atoms with Gasteiger partial charge >= 0.3 is 6.18 Å². The van der Waals surface area contributed by atoms with Crippen LogP contribution in [-0.2, 0) is 17.4 Å². The summed E-state index contributed by atoms with van der Waals surface area (Å²) in [5, 5.41) is 7.13. The lowest BCUT2D eigenvalue weighted by Crippen LogP contribution is -2.28. The molecule has 2 heterocycles. The third-order valence-corrected chi connectivity index (χ3v) is 4.80. The molecule has 0 aliphatic rings. The fourth-order valence-corrected chi connectivity index (χ4v) is 3.15. The van der Waals surface area contributed by atoms with Gasteiger partial charge in [-0.15, -0.1) is 0 Å². The Balaban J connectivity index is 1.76. The number of nitrogens with zero attached hydrogens (tertiary/aromatic N) is 3. The molecule has 2 aromatic heterocycles. The van der Waals surface area contributed by atoms with Crippen LogP contribution in [0.25, 0.3) is 5.82 Å². The minimum atomic E-state index is -4.47. The van der Waals surface area contributed by atoms with Crippen molar-refractivity contribution in [1.82, 2.24) is 20.1 Å². The quantitative estimate of drug-likeness (QED) is 0.620. The zero-order chi connectivity index (χ0) is 22.1. The number of carbonyl (C=O) groups is 1. The van der Waals surface area contributed by atoms with Crippen LogP contribution in [0.5, 0.6) is 0 Å². The van der Waals surface area contributed by atoms with E-state index in [4.69, 9.17) is 0 Å². The fourth-order valence-electron chi connectivity index (χ4n) is 3.15. The van der Waals surface area contributed by atoms with Crippen molar-refractivity contribution in [3.8, 4) is 5.82 Å². The Hall–Kier alpha value is -3.23. The number of benzene rings is 1. The molecular formula is C21H20F4N4O. The van der Waals surface area contributed by atoms with Gasteiger partial charge in [-0.25, -0.2) is 14.1 Å². The molecule has 1 aromatic carbocycles. The van der Waals surface area contributed by atoms with Crippen LogP contribution in [0, 0.1) is 19.7 Å². The number of halogens is 4. The fraction of sp³-hybridized carbons (Fsp3) is 0.286. The SMILES string of the molecule is Cc1nn(-c2ccc(C(F)(F)F)cn2)c(C)c1CC(=O)N[C@@H](C)c1cccc(F)c1. The molecule has 3 aromatic rings. The second kappa shape index (κ2) is 8.25. The van der Waals surface area contributed by atoms with E-state index in [1.165, 1.54) is 22.9 Å². The van der Waals surface area contributed by atoms with Gasteiger partial charge in [0, 0.05) is 17.5 Å². The second-order valence-electron chi connectivity index (χ2n) is 6.98. The molecule has 0 aliphatic carbocycles. The first-order valence-electron chi connectivity index (χ1n) is 9.20. The molecule has 30 heavy (non-hydrogen) atoms.